The predicted octanol–water partition coefficient (Wildman–Crippen LogP) is 4.00. The van der Waals surface area contributed by atoms with E-state index in [2.05, 4.69) is 23.2 Å². The number of ether oxygens (including phenoxy) is 2. The Balaban J connectivity index is 1.59. The summed E-state index contributed by atoms with van der Waals surface area (Å²) in [4.78, 5) is 0. The molecule has 0 N–H and O–H groups in total. The fraction of sp³-hybridized carbons (Fsp3) is 0.263. The molecule has 3 aromatic rings. The number of aryl methyl sites for hydroxylation is 1. The maximum absolute atomic E-state index is 5.79. The van der Waals surface area contributed by atoms with Gasteiger partial charge in [-0.15, -0.1) is 10.2 Å². The van der Waals surface area contributed by atoms with Crippen LogP contribution in [0.3, 0.4) is 0 Å². The summed E-state index contributed by atoms with van der Waals surface area (Å²) in [5.74, 6) is 3.30. The van der Waals surface area contributed by atoms with Crippen LogP contribution in [0, 0.1) is 6.92 Å². The second kappa shape index (κ2) is 8.07. The van der Waals surface area contributed by atoms with Gasteiger partial charge in [-0.25, -0.2) is 0 Å². The number of rotatable bonds is 7. The van der Waals surface area contributed by atoms with Crippen LogP contribution in [-0.2, 0) is 19.4 Å². The fourth-order valence-corrected chi connectivity index (χ4v) is 3.16. The molecule has 6 heteroatoms. The molecule has 1 aromatic heterocycles. The molecule has 5 nitrogen and oxygen atoms in total. The zero-order valence-electron chi connectivity index (χ0n) is 14.6. The molecule has 0 aliphatic rings. The molecular weight excluding hydrogens is 334 g/mol. The van der Waals surface area contributed by atoms with Gasteiger partial charge in [0.2, 0.25) is 0 Å². The first-order chi connectivity index (χ1) is 12.2. The molecule has 0 aliphatic carbocycles. The average Bonchev–Trinajstić information content (AvgIpc) is 2.99. The normalized spacial score (nSPS) is 10.7. The molecule has 130 valence electrons. The van der Waals surface area contributed by atoms with Gasteiger partial charge < -0.3 is 14.0 Å². The lowest BCUT2D eigenvalue weighted by Crippen LogP contribution is -2.04. The Morgan fingerprint density at radius 1 is 1.04 bits per heavy atom. The summed E-state index contributed by atoms with van der Waals surface area (Å²) in [6, 6.07) is 16.0. The Morgan fingerprint density at radius 2 is 1.84 bits per heavy atom. The van der Waals surface area contributed by atoms with Gasteiger partial charge in [-0.1, -0.05) is 41.6 Å². The molecule has 3 rings (SSSR count). The third-order valence-electron chi connectivity index (χ3n) is 3.82. The molecule has 0 saturated heterocycles. The topological polar surface area (TPSA) is 49.2 Å². The van der Waals surface area contributed by atoms with Gasteiger partial charge in [-0.05, 0) is 36.8 Å². The highest BCUT2D eigenvalue weighted by molar-refractivity contribution is 7.98. The largest absolute Gasteiger partial charge is 0.497 e. The highest BCUT2D eigenvalue weighted by Crippen LogP contribution is 2.23. The van der Waals surface area contributed by atoms with Crippen LogP contribution in [-0.4, -0.2) is 21.9 Å². The van der Waals surface area contributed by atoms with E-state index in [1.165, 1.54) is 11.1 Å². The Kier molecular flexibility index (Phi) is 5.60. The molecule has 0 saturated carbocycles. The molecule has 2 aromatic carbocycles. The Morgan fingerprint density at radius 3 is 2.60 bits per heavy atom. The zero-order valence-corrected chi connectivity index (χ0v) is 15.4. The SMILES string of the molecule is COc1cccc(CSc2nnc(COc3ccc(C)cc3)n2C)c1. The molecule has 0 unspecified atom stereocenters. The first-order valence-corrected chi connectivity index (χ1v) is 8.98. The van der Waals surface area contributed by atoms with Crippen LogP contribution < -0.4 is 9.47 Å². The number of methoxy groups -OCH3 is 1. The lowest BCUT2D eigenvalue weighted by molar-refractivity contribution is 0.290. The third-order valence-corrected chi connectivity index (χ3v) is 4.91. The molecule has 0 bridgehead atoms. The maximum atomic E-state index is 5.79. The van der Waals surface area contributed by atoms with E-state index in [4.69, 9.17) is 9.47 Å². The van der Waals surface area contributed by atoms with Crippen molar-refractivity contribution in [1.29, 1.82) is 0 Å². The molecule has 0 spiro atoms. The Hall–Kier alpha value is -2.47. The van der Waals surface area contributed by atoms with E-state index in [0.29, 0.717) is 6.61 Å². The number of aromatic nitrogens is 3. The van der Waals surface area contributed by atoms with Crippen molar-refractivity contribution in [2.45, 2.75) is 24.4 Å². The van der Waals surface area contributed by atoms with Crippen LogP contribution in [0.1, 0.15) is 17.0 Å². The van der Waals surface area contributed by atoms with E-state index in [9.17, 15) is 0 Å². The molecule has 0 aliphatic heterocycles. The molecular formula is C19H21N3O2S. The summed E-state index contributed by atoms with van der Waals surface area (Å²) in [5, 5.41) is 9.37. The van der Waals surface area contributed by atoms with Crippen LogP contribution >= 0.6 is 11.8 Å². The summed E-state index contributed by atoms with van der Waals surface area (Å²) in [6.45, 7) is 2.45. The second-order valence-corrected chi connectivity index (χ2v) is 6.64. The van der Waals surface area contributed by atoms with E-state index < -0.39 is 0 Å². The van der Waals surface area contributed by atoms with Crippen molar-refractivity contribution < 1.29 is 9.47 Å². The van der Waals surface area contributed by atoms with Crippen LogP contribution in [0.5, 0.6) is 11.5 Å². The summed E-state index contributed by atoms with van der Waals surface area (Å²) >= 11 is 1.64. The van der Waals surface area contributed by atoms with Gasteiger partial charge in [-0.3, -0.25) is 0 Å². The van der Waals surface area contributed by atoms with Gasteiger partial charge in [0.15, 0.2) is 11.0 Å². The third kappa shape index (κ3) is 4.54. The van der Waals surface area contributed by atoms with Crippen LogP contribution in [0.25, 0.3) is 0 Å². The van der Waals surface area contributed by atoms with E-state index in [1.54, 1.807) is 18.9 Å². The first-order valence-electron chi connectivity index (χ1n) is 7.99. The summed E-state index contributed by atoms with van der Waals surface area (Å²) in [6.07, 6.45) is 0. The standard InChI is InChI=1S/C19H21N3O2S/c1-14-7-9-16(10-8-14)24-12-18-20-21-19(22(18)2)25-13-15-5-4-6-17(11-15)23-3/h4-11H,12-13H2,1-3H3. The highest BCUT2D eigenvalue weighted by atomic mass is 32.2. The monoisotopic (exact) mass is 355 g/mol. The molecule has 0 fully saturated rings. The average molecular weight is 355 g/mol. The smallest absolute Gasteiger partial charge is 0.191 e. The van der Waals surface area contributed by atoms with Gasteiger partial charge in [0.1, 0.15) is 18.1 Å². The number of thioether (sulfide) groups is 1. The first kappa shape index (κ1) is 17.4. The minimum absolute atomic E-state index is 0.395. The zero-order chi connectivity index (χ0) is 17.6. The van der Waals surface area contributed by atoms with Gasteiger partial charge in [0.25, 0.3) is 0 Å². The van der Waals surface area contributed by atoms with Crippen molar-refractivity contribution in [2.24, 2.45) is 7.05 Å². The minimum atomic E-state index is 0.395. The van der Waals surface area contributed by atoms with Crippen molar-refractivity contribution in [1.82, 2.24) is 14.8 Å². The lowest BCUT2D eigenvalue weighted by Gasteiger charge is -2.07. The number of nitrogens with zero attached hydrogens (tertiary/aromatic N) is 3. The highest BCUT2D eigenvalue weighted by Gasteiger charge is 2.10. The molecule has 0 radical (unpaired) electrons. The number of hydrogen-bond acceptors (Lipinski definition) is 5. The Bertz CT molecular complexity index is 831. The summed E-state index contributed by atoms with van der Waals surface area (Å²) < 4.78 is 13.0. The second-order valence-electron chi connectivity index (χ2n) is 5.70. The molecule has 1 heterocycles. The predicted molar refractivity (Wildman–Crippen MR) is 99.1 cm³/mol. The molecule has 0 atom stereocenters. The van der Waals surface area contributed by atoms with E-state index in [1.807, 2.05) is 54.1 Å². The maximum Gasteiger partial charge on any atom is 0.191 e. The van der Waals surface area contributed by atoms with Crippen LogP contribution in [0.15, 0.2) is 53.7 Å². The molecule has 0 amide bonds. The lowest BCUT2D eigenvalue weighted by atomic mass is 10.2. The van der Waals surface area contributed by atoms with Crippen LogP contribution in [0.4, 0.5) is 0 Å². The minimum Gasteiger partial charge on any atom is -0.497 e. The van der Waals surface area contributed by atoms with Gasteiger partial charge in [0, 0.05) is 12.8 Å². The van der Waals surface area contributed by atoms with Crippen molar-refractivity contribution in [2.75, 3.05) is 7.11 Å². The van der Waals surface area contributed by atoms with Gasteiger partial charge >= 0.3 is 0 Å². The van der Waals surface area contributed by atoms with Crippen molar-refractivity contribution in [3.63, 3.8) is 0 Å². The fourth-order valence-electron chi connectivity index (χ4n) is 2.29. The van der Waals surface area contributed by atoms with Crippen LogP contribution in [0.2, 0.25) is 0 Å². The van der Waals surface area contributed by atoms with Gasteiger partial charge in [0.05, 0.1) is 7.11 Å². The number of hydrogen-bond donors (Lipinski definition) is 0. The van der Waals surface area contributed by atoms with E-state index in [-0.39, 0.29) is 0 Å². The Labute approximate surface area is 152 Å². The summed E-state index contributed by atoms with van der Waals surface area (Å²) in [5.41, 5.74) is 2.40. The number of benzene rings is 2. The van der Waals surface area contributed by atoms with E-state index in [0.717, 1.165) is 28.2 Å². The summed E-state index contributed by atoms with van der Waals surface area (Å²) in [7, 11) is 3.64. The quantitative estimate of drug-likeness (QED) is 0.600. The van der Waals surface area contributed by atoms with Crippen molar-refractivity contribution >= 4 is 11.8 Å². The molecule has 25 heavy (non-hydrogen) atoms. The van der Waals surface area contributed by atoms with Crippen molar-refractivity contribution in [3.8, 4) is 11.5 Å². The van der Waals surface area contributed by atoms with Crippen molar-refractivity contribution in [3.05, 3.63) is 65.5 Å². The van der Waals surface area contributed by atoms with Gasteiger partial charge in [-0.2, -0.15) is 0 Å². The van der Waals surface area contributed by atoms with E-state index >= 15 is 0 Å².